The molecular formula is C21H24BrNO10S. The molecule has 2 rings (SSSR count). The van der Waals surface area contributed by atoms with E-state index in [2.05, 4.69) is 21.1 Å². The molecule has 3 unspecified atom stereocenters. The highest BCUT2D eigenvalue weighted by Gasteiger charge is 2.60. The van der Waals surface area contributed by atoms with E-state index in [1.54, 1.807) is 30.3 Å². The van der Waals surface area contributed by atoms with Gasteiger partial charge in [0.1, 0.15) is 17.8 Å². The van der Waals surface area contributed by atoms with Gasteiger partial charge < -0.3 is 28.9 Å². The maximum atomic E-state index is 12.0. The van der Waals surface area contributed by atoms with Crippen LogP contribution < -0.4 is 0 Å². The van der Waals surface area contributed by atoms with E-state index in [4.69, 9.17) is 23.7 Å². The minimum atomic E-state index is -1.72. The molecule has 0 aliphatic carbocycles. The molecule has 0 aromatic heterocycles. The number of carbonyl (C=O) groups excluding carboxylic acids is 4. The van der Waals surface area contributed by atoms with Gasteiger partial charge in [0.2, 0.25) is 3.84 Å². The maximum Gasteiger partial charge on any atom is 0.303 e. The molecule has 1 fully saturated rings. The Morgan fingerprint density at radius 1 is 0.971 bits per heavy atom. The van der Waals surface area contributed by atoms with E-state index in [1.807, 2.05) is 0 Å². The van der Waals surface area contributed by atoms with Crippen LogP contribution in [0.1, 0.15) is 33.3 Å². The quantitative estimate of drug-likeness (QED) is 0.0994. The first-order valence-electron chi connectivity index (χ1n) is 9.95. The Kier molecular flexibility index (Phi) is 9.89. The highest BCUT2D eigenvalue weighted by molar-refractivity contribution is 9.12. The minimum absolute atomic E-state index is 0.0633. The number of ether oxygens (including phenoxy) is 5. The Bertz CT molecular complexity index is 943. The molecule has 1 heterocycles. The monoisotopic (exact) mass is 561 g/mol. The van der Waals surface area contributed by atoms with Crippen LogP contribution in [-0.2, 0) is 42.9 Å². The third-order valence-electron chi connectivity index (χ3n) is 4.34. The summed E-state index contributed by atoms with van der Waals surface area (Å²) in [5.74, 6) is -2.88. The summed E-state index contributed by atoms with van der Waals surface area (Å²) in [5, 5.41) is 13.1. The van der Waals surface area contributed by atoms with Gasteiger partial charge in [0, 0.05) is 33.3 Å². The normalized spacial score (nSPS) is 26.8. The Morgan fingerprint density at radius 2 is 1.53 bits per heavy atom. The molecule has 0 saturated carbocycles. The number of carbonyl (C=O) groups is 4. The van der Waals surface area contributed by atoms with Crippen LogP contribution in [0.5, 0.6) is 0 Å². The summed E-state index contributed by atoms with van der Waals surface area (Å²) >= 11 is 4.21. The summed E-state index contributed by atoms with van der Waals surface area (Å²) in [7, 11) is 0. The van der Waals surface area contributed by atoms with E-state index in [0.29, 0.717) is 5.56 Å². The van der Waals surface area contributed by atoms with E-state index < -0.39 is 52.1 Å². The van der Waals surface area contributed by atoms with Crippen LogP contribution in [0.3, 0.4) is 0 Å². The second-order valence-electron chi connectivity index (χ2n) is 7.09. The number of rotatable bonds is 7. The van der Waals surface area contributed by atoms with Crippen molar-refractivity contribution in [3.05, 3.63) is 35.9 Å². The first kappa shape index (κ1) is 27.6. The van der Waals surface area contributed by atoms with Crippen LogP contribution in [0.4, 0.5) is 0 Å². The van der Waals surface area contributed by atoms with Gasteiger partial charge in [-0.15, -0.1) is 0 Å². The van der Waals surface area contributed by atoms with Crippen molar-refractivity contribution in [1.82, 2.24) is 0 Å². The third-order valence-corrected chi connectivity index (χ3v) is 6.58. The Hall–Kier alpha value is -2.64. The standard InChI is InChI=1S/C21H24BrNO10S/c1-11(24)29-10-16-17(30-12(2)25)18(31-13(3)26)19(32-14(4)27)21(22,33-16)34-20(23-28)15-8-6-5-7-9-15/h5-9,16-19,28H,10H2,1-4H3/b23-20-/t16?,17-,18?,19?,21-/m1/s1. The highest BCUT2D eigenvalue weighted by atomic mass is 79.9. The summed E-state index contributed by atoms with van der Waals surface area (Å²) in [6.07, 6.45) is -5.23. The van der Waals surface area contributed by atoms with Gasteiger partial charge >= 0.3 is 23.9 Å². The van der Waals surface area contributed by atoms with Gasteiger partial charge in [-0.3, -0.25) is 19.2 Å². The van der Waals surface area contributed by atoms with Crippen LogP contribution in [-0.4, -0.2) is 69.0 Å². The van der Waals surface area contributed by atoms with Crippen LogP contribution in [0.2, 0.25) is 0 Å². The minimum Gasteiger partial charge on any atom is -0.463 e. The molecule has 5 atom stereocenters. The first-order chi connectivity index (χ1) is 16.0. The number of alkyl halides is 1. The van der Waals surface area contributed by atoms with Crippen molar-refractivity contribution in [2.24, 2.45) is 5.16 Å². The number of nitrogens with zero attached hydrogens (tertiary/aromatic N) is 1. The van der Waals surface area contributed by atoms with Gasteiger partial charge in [0.25, 0.3) is 0 Å². The second-order valence-corrected chi connectivity index (χ2v) is 9.99. The van der Waals surface area contributed by atoms with Crippen LogP contribution in [0.15, 0.2) is 35.5 Å². The van der Waals surface area contributed by atoms with Gasteiger partial charge in [-0.2, -0.15) is 0 Å². The number of thioether (sulfide) groups is 1. The van der Waals surface area contributed by atoms with Crippen LogP contribution in [0, 0.1) is 0 Å². The number of hydrogen-bond acceptors (Lipinski definition) is 12. The van der Waals surface area contributed by atoms with Crippen molar-refractivity contribution in [1.29, 1.82) is 0 Å². The van der Waals surface area contributed by atoms with Gasteiger partial charge in [-0.05, 0) is 15.9 Å². The lowest BCUT2D eigenvalue weighted by atomic mass is 9.99. The van der Waals surface area contributed by atoms with Crippen molar-refractivity contribution in [3.8, 4) is 0 Å². The molecule has 0 spiro atoms. The van der Waals surface area contributed by atoms with Crippen molar-refractivity contribution >= 4 is 56.6 Å². The highest BCUT2D eigenvalue weighted by Crippen LogP contribution is 2.48. The van der Waals surface area contributed by atoms with E-state index in [-0.39, 0.29) is 11.7 Å². The molecule has 34 heavy (non-hydrogen) atoms. The first-order valence-corrected chi connectivity index (χ1v) is 11.6. The van der Waals surface area contributed by atoms with Crippen molar-refractivity contribution in [2.75, 3.05) is 6.61 Å². The molecule has 1 N–H and O–H groups in total. The largest absolute Gasteiger partial charge is 0.463 e. The smallest absolute Gasteiger partial charge is 0.303 e. The average molecular weight is 562 g/mol. The van der Waals surface area contributed by atoms with Gasteiger partial charge in [0.15, 0.2) is 18.3 Å². The van der Waals surface area contributed by atoms with Crippen molar-refractivity contribution < 1.29 is 48.1 Å². The molecule has 0 amide bonds. The number of benzene rings is 1. The maximum absolute atomic E-state index is 12.0. The SMILES string of the molecule is CC(=O)OCC1O[C@@](Br)(S/C(=N\O)c2ccccc2)C(OC(C)=O)C(OC(C)=O)[C@@H]1OC(C)=O. The lowest BCUT2D eigenvalue weighted by Crippen LogP contribution is -2.65. The van der Waals surface area contributed by atoms with Gasteiger partial charge in [-0.1, -0.05) is 47.2 Å². The summed E-state index contributed by atoms with van der Waals surface area (Å²) in [6, 6.07) is 8.54. The van der Waals surface area contributed by atoms with Crippen molar-refractivity contribution in [2.45, 2.75) is 56.0 Å². The molecule has 186 valence electrons. The third kappa shape index (κ3) is 7.43. The van der Waals surface area contributed by atoms with E-state index in [1.165, 1.54) is 6.92 Å². The van der Waals surface area contributed by atoms with Crippen LogP contribution >= 0.6 is 27.7 Å². The molecule has 1 saturated heterocycles. The lowest BCUT2D eigenvalue weighted by molar-refractivity contribution is -0.242. The summed E-state index contributed by atoms with van der Waals surface area (Å²) in [5.41, 5.74) is 0.502. The molecule has 0 radical (unpaired) electrons. The molecule has 13 heteroatoms. The molecule has 0 bridgehead atoms. The number of esters is 4. The fourth-order valence-corrected chi connectivity index (χ4v) is 5.23. The molecule has 1 aromatic carbocycles. The number of halogens is 1. The molecule has 1 aliphatic rings. The Labute approximate surface area is 208 Å². The van der Waals surface area contributed by atoms with E-state index in [0.717, 1.165) is 32.5 Å². The second kappa shape index (κ2) is 12.2. The van der Waals surface area contributed by atoms with Crippen LogP contribution in [0.25, 0.3) is 0 Å². The summed E-state index contributed by atoms with van der Waals surface area (Å²) in [6.45, 7) is 4.18. The number of oxime groups is 1. The topological polar surface area (TPSA) is 147 Å². The fraction of sp³-hybridized carbons (Fsp3) is 0.476. The zero-order chi connectivity index (χ0) is 25.5. The molecule has 1 aliphatic heterocycles. The lowest BCUT2D eigenvalue weighted by Gasteiger charge is -2.48. The van der Waals surface area contributed by atoms with Gasteiger partial charge in [-0.25, -0.2) is 0 Å². The molecular weight excluding hydrogens is 538 g/mol. The average Bonchev–Trinajstić information content (AvgIpc) is 2.75. The van der Waals surface area contributed by atoms with E-state index in [9.17, 15) is 24.4 Å². The van der Waals surface area contributed by atoms with Crippen molar-refractivity contribution in [3.63, 3.8) is 0 Å². The van der Waals surface area contributed by atoms with Gasteiger partial charge in [0.05, 0.1) is 0 Å². The Morgan fingerprint density at radius 3 is 2.03 bits per heavy atom. The molecule has 11 nitrogen and oxygen atoms in total. The Balaban J connectivity index is 2.57. The zero-order valence-electron chi connectivity index (χ0n) is 18.8. The zero-order valence-corrected chi connectivity index (χ0v) is 21.2. The fourth-order valence-electron chi connectivity index (χ4n) is 3.15. The summed E-state index contributed by atoms with van der Waals surface area (Å²) < 4.78 is 25.6. The van der Waals surface area contributed by atoms with E-state index >= 15 is 0 Å². The predicted octanol–water partition coefficient (Wildman–Crippen LogP) is 2.36. The summed E-state index contributed by atoms with van der Waals surface area (Å²) in [4.78, 5) is 47.2. The number of hydrogen-bond donors (Lipinski definition) is 1. The molecule has 1 aromatic rings. The predicted molar refractivity (Wildman–Crippen MR) is 122 cm³/mol.